The molecule has 4 nitrogen and oxygen atoms in total. The molecule has 0 atom stereocenters. The van der Waals surface area contributed by atoms with Gasteiger partial charge in [0.25, 0.3) is 0 Å². The maximum absolute atomic E-state index is 12.0. The lowest BCUT2D eigenvalue weighted by Gasteiger charge is -2.21. The molecule has 1 aliphatic rings. The molecule has 0 saturated carbocycles. The standard InChI is InChI=1S/C16H14O4/c1-7(2)10-6-9-5-4-8(3)11-12(9)13(14(10)17)16(19)20-15(11)18/h4-7,17H,1-3H3. The van der Waals surface area contributed by atoms with E-state index in [4.69, 9.17) is 4.74 Å². The summed E-state index contributed by atoms with van der Waals surface area (Å²) in [6, 6.07) is 5.50. The first-order chi connectivity index (χ1) is 9.41. The van der Waals surface area contributed by atoms with Crippen molar-refractivity contribution in [1.29, 1.82) is 0 Å². The largest absolute Gasteiger partial charge is 0.507 e. The second-order valence-corrected chi connectivity index (χ2v) is 5.38. The molecular weight excluding hydrogens is 256 g/mol. The first-order valence-corrected chi connectivity index (χ1v) is 6.47. The van der Waals surface area contributed by atoms with E-state index in [9.17, 15) is 14.7 Å². The van der Waals surface area contributed by atoms with Crippen molar-refractivity contribution >= 4 is 22.7 Å². The van der Waals surface area contributed by atoms with Crippen LogP contribution >= 0.6 is 0 Å². The zero-order chi connectivity index (χ0) is 14.6. The molecule has 0 radical (unpaired) electrons. The second-order valence-electron chi connectivity index (χ2n) is 5.38. The van der Waals surface area contributed by atoms with E-state index in [-0.39, 0.29) is 17.2 Å². The van der Waals surface area contributed by atoms with Gasteiger partial charge in [0.05, 0.1) is 5.56 Å². The Bertz CT molecular complexity index is 772. The Balaban J connectivity index is 2.55. The Morgan fingerprint density at radius 2 is 1.75 bits per heavy atom. The molecule has 2 aromatic rings. The normalized spacial score (nSPS) is 14.0. The third-order valence-corrected chi connectivity index (χ3v) is 3.73. The van der Waals surface area contributed by atoms with Crippen LogP contribution in [-0.4, -0.2) is 17.0 Å². The number of rotatable bonds is 1. The predicted molar refractivity (Wildman–Crippen MR) is 74.2 cm³/mol. The summed E-state index contributed by atoms with van der Waals surface area (Å²) in [5, 5.41) is 11.6. The maximum Gasteiger partial charge on any atom is 0.350 e. The van der Waals surface area contributed by atoms with Crippen LogP contribution in [0.5, 0.6) is 5.75 Å². The molecule has 3 rings (SSSR count). The number of hydrogen-bond acceptors (Lipinski definition) is 4. The lowest BCUT2D eigenvalue weighted by atomic mass is 9.88. The van der Waals surface area contributed by atoms with Crippen molar-refractivity contribution in [1.82, 2.24) is 0 Å². The van der Waals surface area contributed by atoms with Gasteiger partial charge in [0.1, 0.15) is 11.3 Å². The second kappa shape index (κ2) is 4.07. The number of hydrogen-bond donors (Lipinski definition) is 1. The molecule has 0 amide bonds. The summed E-state index contributed by atoms with van der Waals surface area (Å²) in [5.74, 6) is -1.46. The van der Waals surface area contributed by atoms with Crippen LogP contribution in [0.3, 0.4) is 0 Å². The number of phenolic OH excluding ortho intramolecular Hbond substituents is 1. The van der Waals surface area contributed by atoms with Gasteiger partial charge in [-0.15, -0.1) is 0 Å². The molecular formula is C16H14O4. The smallest absolute Gasteiger partial charge is 0.350 e. The molecule has 4 heteroatoms. The Morgan fingerprint density at radius 3 is 2.40 bits per heavy atom. The quantitative estimate of drug-likeness (QED) is 0.638. The van der Waals surface area contributed by atoms with Crippen LogP contribution in [0.2, 0.25) is 0 Å². The molecule has 0 aliphatic carbocycles. The van der Waals surface area contributed by atoms with Gasteiger partial charge in [-0.2, -0.15) is 0 Å². The molecule has 0 bridgehead atoms. The van der Waals surface area contributed by atoms with Gasteiger partial charge >= 0.3 is 11.9 Å². The fraction of sp³-hybridized carbons (Fsp3) is 0.250. The molecule has 1 heterocycles. The van der Waals surface area contributed by atoms with Crippen LogP contribution in [-0.2, 0) is 4.74 Å². The molecule has 1 N–H and O–H groups in total. The number of benzene rings is 2. The maximum atomic E-state index is 12.0. The lowest BCUT2D eigenvalue weighted by Crippen LogP contribution is -2.21. The number of aryl methyl sites for hydroxylation is 1. The van der Waals surface area contributed by atoms with E-state index < -0.39 is 11.9 Å². The Kier molecular flexibility index (Phi) is 2.57. The minimum absolute atomic E-state index is 0.0610. The number of cyclic esters (lactones) is 2. The van der Waals surface area contributed by atoms with Gasteiger partial charge in [-0.1, -0.05) is 26.0 Å². The van der Waals surface area contributed by atoms with Crippen molar-refractivity contribution in [3.05, 3.63) is 40.5 Å². The predicted octanol–water partition coefficient (Wildman–Crippen LogP) is 3.29. The van der Waals surface area contributed by atoms with Gasteiger partial charge < -0.3 is 9.84 Å². The Morgan fingerprint density at radius 1 is 1.10 bits per heavy atom. The van der Waals surface area contributed by atoms with E-state index in [1.54, 1.807) is 6.92 Å². The lowest BCUT2D eigenvalue weighted by molar-refractivity contribution is 0.0389. The van der Waals surface area contributed by atoms with Crippen molar-refractivity contribution in [2.24, 2.45) is 0 Å². The molecule has 0 fully saturated rings. The van der Waals surface area contributed by atoms with Gasteiger partial charge in [-0.25, -0.2) is 9.59 Å². The number of carbonyl (C=O) groups is 2. The molecule has 0 aromatic heterocycles. The summed E-state index contributed by atoms with van der Waals surface area (Å²) in [7, 11) is 0. The summed E-state index contributed by atoms with van der Waals surface area (Å²) in [4.78, 5) is 23.9. The highest BCUT2D eigenvalue weighted by Gasteiger charge is 2.32. The third-order valence-electron chi connectivity index (χ3n) is 3.73. The minimum atomic E-state index is -0.780. The van der Waals surface area contributed by atoms with Crippen LogP contribution in [0.1, 0.15) is 51.6 Å². The summed E-state index contributed by atoms with van der Waals surface area (Å²) < 4.78 is 4.76. The van der Waals surface area contributed by atoms with Gasteiger partial charge in [0, 0.05) is 5.39 Å². The zero-order valence-corrected chi connectivity index (χ0v) is 11.5. The van der Waals surface area contributed by atoms with Gasteiger partial charge in [-0.05, 0) is 35.4 Å². The van der Waals surface area contributed by atoms with Crippen LogP contribution < -0.4 is 0 Å². The van der Waals surface area contributed by atoms with Crippen LogP contribution in [0, 0.1) is 6.92 Å². The monoisotopic (exact) mass is 270 g/mol. The average Bonchev–Trinajstić information content (AvgIpc) is 2.36. The Labute approximate surface area is 116 Å². The van der Waals surface area contributed by atoms with Crippen molar-refractivity contribution in [2.45, 2.75) is 26.7 Å². The molecule has 2 aromatic carbocycles. The van der Waals surface area contributed by atoms with Gasteiger partial charge in [0.2, 0.25) is 0 Å². The van der Waals surface area contributed by atoms with E-state index in [0.717, 1.165) is 10.9 Å². The summed E-state index contributed by atoms with van der Waals surface area (Å²) >= 11 is 0. The number of esters is 2. The van der Waals surface area contributed by atoms with Gasteiger partial charge in [0.15, 0.2) is 0 Å². The van der Waals surface area contributed by atoms with E-state index in [1.807, 2.05) is 32.0 Å². The van der Waals surface area contributed by atoms with E-state index in [1.165, 1.54) is 0 Å². The van der Waals surface area contributed by atoms with Crippen LogP contribution in [0.15, 0.2) is 18.2 Å². The molecule has 0 spiro atoms. The number of phenols is 1. The molecule has 1 aliphatic heterocycles. The highest BCUT2D eigenvalue weighted by atomic mass is 16.6. The van der Waals surface area contributed by atoms with Crippen LogP contribution in [0.25, 0.3) is 10.8 Å². The highest BCUT2D eigenvalue weighted by molar-refractivity contribution is 6.22. The van der Waals surface area contributed by atoms with Crippen molar-refractivity contribution in [3.8, 4) is 5.75 Å². The summed E-state index contributed by atoms with van der Waals surface area (Å²) in [6.45, 7) is 5.65. The minimum Gasteiger partial charge on any atom is -0.507 e. The van der Waals surface area contributed by atoms with Gasteiger partial charge in [-0.3, -0.25) is 0 Å². The van der Waals surface area contributed by atoms with E-state index in [2.05, 4.69) is 0 Å². The number of carbonyl (C=O) groups excluding carboxylic acids is 2. The molecule has 0 saturated heterocycles. The van der Waals surface area contributed by atoms with E-state index >= 15 is 0 Å². The van der Waals surface area contributed by atoms with Crippen LogP contribution in [0.4, 0.5) is 0 Å². The van der Waals surface area contributed by atoms with Crippen molar-refractivity contribution in [2.75, 3.05) is 0 Å². The summed E-state index contributed by atoms with van der Waals surface area (Å²) in [6.07, 6.45) is 0. The fourth-order valence-electron chi connectivity index (χ4n) is 2.70. The first kappa shape index (κ1) is 12.7. The molecule has 102 valence electrons. The first-order valence-electron chi connectivity index (χ1n) is 6.47. The van der Waals surface area contributed by atoms with Crippen molar-refractivity contribution in [3.63, 3.8) is 0 Å². The highest BCUT2D eigenvalue weighted by Crippen LogP contribution is 2.40. The van der Waals surface area contributed by atoms with Crippen molar-refractivity contribution < 1.29 is 19.4 Å². The van der Waals surface area contributed by atoms with E-state index in [0.29, 0.717) is 16.5 Å². The number of ether oxygens (including phenoxy) is 1. The summed E-state index contributed by atoms with van der Waals surface area (Å²) in [5.41, 5.74) is 1.87. The Hall–Kier alpha value is -2.36. The third kappa shape index (κ3) is 1.54. The fourth-order valence-corrected chi connectivity index (χ4v) is 2.70. The SMILES string of the molecule is Cc1ccc2cc(C(C)C)c(O)c3c2c1C(=O)OC3=O. The topological polar surface area (TPSA) is 63.6 Å². The molecule has 0 unspecified atom stereocenters. The molecule has 20 heavy (non-hydrogen) atoms. The average molecular weight is 270 g/mol. The number of aromatic hydroxyl groups is 1. The zero-order valence-electron chi connectivity index (χ0n) is 11.5.